The standard InChI is InChI=1S/C23H24N2O4/c26-20-13-8-16-25(20)19-12-5-4-11-18(19)23(28)29-21(17-9-2-1-3-10-17)22(27)24-14-6-7-15-24/h1-5,9-12,21H,6-8,13-16H2/t21-/m1/s1. The molecule has 2 aromatic rings. The molecule has 0 radical (unpaired) electrons. The van der Waals surface area contributed by atoms with E-state index < -0.39 is 12.1 Å². The molecular formula is C23H24N2O4. The maximum Gasteiger partial charge on any atom is 0.341 e. The van der Waals surface area contributed by atoms with Gasteiger partial charge in [-0.25, -0.2) is 4.79 Å². The molecule has 2 saturated heterocycles. The molecule has 0 saturated carbocycles. The van der Waals surface area contributed by atoms with Crippen molar-refractivity contribution in [3.63, 3.8) is 0 Å². The van der Waals surface area contributed by atoms with Crippen molar-refractivity contribution in [3.8, 4) is 0 Å². The molecule has 2 amide bonds. The molecular weight excluding hydrogens is 368 g/mol. The van der Waals surface area contributed by atoms with Crippen LogP contribution in [0.5, 0.6) is 0 Å². The quantitative estimate of drug-likeness (QED) is 0.732. The van der Waals surface area contributed by atoms with Crippen LogP contribution >= 0.6 is 0 Å². The summed E-state index contributed by atoms with van der Waals surface area (Å²) in [6.07, 6.45) is 2.16. The predicted octanol–water partition coefficient (Wildman–Crippen LogP) is 3.33. The Morgan fingerprint density at radius 2 is 1.55 bits per heavy atom. The van der Waals surface area contributed by atoms with E-state index in [9.17, 15) is 14.4 Å². The van der Waals surface area contributed by atoms with Gasteiger partial charge in [-0.3, -0.25) is 9.59 Å². The molecule has 0 spiro atoms. The molecule has 0 N–H and O–H groups in total. The number of nitrogens with zero attached hydrogens (tertiary/aromatic N) is 2. The SMILES string of the molecule is O=C(O[C@@H](C(=O)N1CCCC1)c1ccccc1)c1ccccc1N1CCCC1=O. The minimum Gasteiger partial charge on any atom is -0.444 e. The summed E-state index contributed by atoms with van der Waals surface area (Å²) in [7, 11) is 0. The summed E-state index contributed by atoms with van der Waals surface area (Å²) < 4.78 is 5.76. The van der Waals surface area contributed by atoms with Crippen LogP contribution in [-0.2, 0) is 14.3 Å². The average molecular weight is 392 g/mol. The second kappa shape index (κ2) is 8.47. The summed E-state index contributed by atoms with van der Waals surface area (Å²) in [6, 6.07) is 16.0. The lowest BCUT2D eigenvalue weighted by atomic mass is 10.1. The predicted molar refractivity (Wildman–Crippen MR) is 108 cm³/mol. The number of likely N-dealkylation sites (tertiary alicyclic amines) is 1. The van der Waals surface area contributed by atoms with Gasteiger partial charge in [-0.1, -0.05) is 42.5 Å². The molecule has 4 rings (SSSR count). The van der Waals surface area contributed by atoms with Crippen LogP contribution in [0.4, 0.5) is 5.69 Å². The van der Waals surface area contributed by atoms with E-state index in [1.54, 1.807) is 46.2 Å². The van der Waals surface area contributed by atoms with Crippen LogP contribution in [0.1, 0.15) is 47.7 Å². The molecule has 2 heterocycles. The van der Waals surface area contributed by atoms with Crippen LogP contribution in [0.3, 0.4) is 0 Å². The van der Waals surface area contributed by atoms with Crippen molar-refractivity contribution in [2.24, 2.45) is 0 Å². The van der Waals surface area contributed by atoms with E-state index in [0.29, 0.717) is 42.9 Å². The second-order valence-corrected chi connectivity index (χ2v) is 7.39. The van der Waals surface area contributed by atoms with Crippen molar-refractivity contribution in [1.29, 1.82) is 0 Å². The largest absolute Gasteiger partial charge is 0.444 e. The Bertz CT molecular complexity index is 906. The monoisotopic (exact) mass is 392 g/mol. The normalized spacial score (nSPS) is 17.4. The molecule has 2 fully saturated rings. The van der Waals surface area contributed by atoms with Crippen molar-refractivity contribution in [2.45, 2.75) is 31.8 Å². The number of ether oxygens (including phenoxy) is 1. The van der Waals surface area contributed by atoms with Crippen LogP contribution in [0.25, 0.3) is 0 Å². The number of benzene rings is 2. The topological polar surface area (TPSA) is 66.9 Å². The first-order valence-corrected chi connectivity index (χ1v) is 10.1. The maximum atomic E-state index is 13.1. The van der Waals surface area contributed by atoms with Gasteiger partial charge in [-0.15, -0.1) is 0 Å². The summed E-state index contributed by atoms with van der Waals surface area (Å²) in [5.74, 6) is -0.795. The third-order valence-electron chi connectivity index (χ3n) is 5.46. The third-order valence-corrected chi connectivity index (χ3v) is 5.46. The summed E-state index contributed by atoms with van der Waals surface area (Å²) >= 11 is 0. The van der Waals surface area contributed by atoms with E-state index in [0.717, 1.165) is 19.3 Å². The highest BCUT2D eigenvalue weighted by Crippen LogP contribution is 2.29. The molecule has 0 unspecified atom stereocenters. The smallest absolute Gasteiger partial charge is 0.341 e. The molecule has 0 bridgehead atoms. The van der Waals surface area contributed by atoms with Crippen LogP contribution in [-0.4, -0.2) is 42.3 Å². The number of anilines is 1. The Balaban J connectivity index is 1.62. The highest BCUT2D eigenvalue weighted by atomic mass is 16.5. The summed E-state index contributed by atoms with van der Waals surface area (Å²) in [6.45, 7) is 1.94. The molecule has 2 aliphatic rings. The van der Waals surface area contributed by atoms with Gasteiger partial charge < -0.3 is 14.5 Å². The molecule has 0 aromatic heterocycles. The lowest BCUT2D eigenvalue weighted by Gasteiger charge is -2.25. The van der Waals surface area contributed by atoms with Gasteiger partial charge in [0.25, 0.3) is 5.91 Å². The minimum absolute atomic E-state index is 0.00185. The van der Waals surface area contributed by atoms with E-state index >= 15 is 0 Å². The first-order valence-electron chi connectivity index (χ1n) is 10.1. The highest BCUT2D eigenvalue weighted by molar-refractivity contribution is 6.04. The van der Waals surface area contributed by atoms with Crippen LogP contribution in [0.15, 0.2) is 54.6 Å². The Hall–Kier alpha value is -3.15. The highest BCUT2D eigenvalue weighted by Gasteiger charge is 2.33. The van der Waals surface area contributed by atoms with E-state index in [1.807, 2.05) is 18.2 Å². The number of carbonyl (C=O) groups is 3. The molecule has 29 heavy (non-hydrogen) atoms. The van der Waals surface area contributed by atoms with Gasteiger partial charge in [-0.2, -0.15) is 0 Å². The second-order valence-electron chi connectivity index (χ2n) is 7.39. The third kappa shape index (κ3) is 4.01. The van der Waals surface area contributed by atoms with Gasteiger partial charge >= 0.3 is 5.97 Å². The van der Waals surface area contributed by atoms with Gasteiger partial charge in [0.05, 0.1) is 11.3 Å². The van der Waals surface area contributed by atoms with E-state index in [4.69, 9.17) is 4.74 Å². The van der Waals surface area contributed by atoms with E-state index in [-0.39, 0.29) is 11.8 Å². The number of para-hydroxylation sites is 1. The van der Waals surface area contributed by atoms with Crippen molar-refractivity contribution in [2.75, 3.05) is 24.5 Å². The van der Waals surface area contributed by atoms with Gasteiger partial charge in [-0.05, 0) is 31.4 Å². The number of hydrogen-bond acceptors (Lipinski definition) is 4. The molecule has 0 aliphatic carbocycles. The lowest BCUT2D eigenvalue weighted by Crippen LogP contribution is -2.35. The Morgan fingerprint density at radius 3 is 2.24 bits per heavy atom. The van der Waals surface area contributed by atoms with Crippen LogP contribution in [0.2, 0.25) is 0 Å². The summed E-state index contributed by atoms with van der Waals surface area (Å²) in [5, 5.41) is 0. The van der Waals surface area contributed by atoms with E-state index in [1.165, 1.54) is 0 Å². The van der Waals surface area contributed by atoms with Gasteiger partial charge in [0, 0.05) is 31.6 Å². The number of hydrogen-bond donors (Lipinski definition) is 0. The van der Waals surface area contributed by atoms with Crippen LogP contribution < -0.4 is 4.90 Å². The van der Waals surface area contributed by atoms with E-state index in [2.05, 4.69) is 0 Å². The molecule has 6 nitrogen and oxygen atoms in total. The molecule has 1 atom stereocenters. The number of esters is 1. The Labute approximate surface area is 170 Å². The number of carbonyl (C=O) groups excluding carboxylic acids is 3. The van der Waals surface area contributed by atoms with Gasteiger partial charge in [0.1, 0.15) is 0 Å². The van der Waals surface area contributed by atoms with Crippen molar-refractivity contribution >= 4 is 23.5 Å². The maximum absolute atomic E-state index is 13.1. The fourth-order valence-electron chi connectivity index (χ4n) is 3.95. The average Bonchev–Trinajstić information content (AvgIpc) is 3.44. The first-order chi connectivity index (χ1) is 14.1. The molecule has 6 heteroatoms. The zero-order valence-corrected chi connectivity index (χ0v) is 16.3. The molecule has 150 valence electrons. The summed E-state index contributed by atoms with van der Waals surface area (Å²) in [5.41, 5.74) is 1.49. The van der Waals surface area contributed by atoms with Gasteiger partial charge in [0.15, 0.2) is 0 Å². The first kappa shape index (κ1) is 19.2. The zero-order chi connectivity index (χ0) is 20.2. The number of rotatable bonds is 5. The van der Waals surface area contributed by atoms with Crippen molar-refractivity contribution in [1.82, 2.24) is 4.90 Å². The Morgan fingerprint density at radius 1 is 0.862 bits per heavy atom. The fourth-order valence-corrected chi connectivity index (χ4v) is 3.95. The lowest BCUT2D eigenvalue weighted by molar-refractivity contribution is -0.140. The molecule has 2 aliphatic heterocycles. The minimum atomic E-state index is -0.996. The van der Waals surface area contributed by atoms with Crippen molar-refractivity contribution in [3.05, 3.63) is 65.7 Å². The van der Waals surface area contributed by atoms with Gasteiger partial charge in [0.2, 0.25) is 12.0 Å². The number of amides is 2. The fraction of sp³-hybridized carbons (Fsp3) is 0.348. The summed E-state index contributed by atoms with van der Waals surface area (Å²) in [4.78, 5) is 41.8. The molecule has 2 aromatic carbocycles. The Kier molecular flexibility index (Phi) is 5.60. The zero-order valence-electron chi connectivity index (χ0n) is 16.3. The van der Waals surface area contributed by atoms with Crippen molar-refractivity contribution < 1.29 is 19.1 Å². The van der Waals surface area contributed by atoms with Crippen LogP contribution in [0, 0.1) is 0 Å².